The molecule has 0 unspecified atom stereocenters. The normalized spacial score (nSPS) is 18.1. The highest BCUT2D eigenvalue weighted by atomic mass is 35.5. The largest absolute Gasteiger partial charge is 0.436 e. The average molecular weight is 459 g/mol. The summed E-state index contributed by atoms with van der Waals surface area (Å²) < 4.78 is 42.8. The van der Waals surface area contributed by atoms with Crippen LogP contribution in [0.2, 0.25) is 5.02 Å². The van der Waals surface area contributed by atoms with Gasteiger partial charge < -0.3 is 4.90 Å². The van der Waals surface area contributed by atoms with Crippen molar-refractivity contribution < 1.29 is 18.0 Å². The number of rotatable bonds is 6. The lowest BCUT2D eigenvalue weighted by atomic mass is 10.2. The average Bonchev–Trinajstić information content (AvgIpc) is 3.40. The number of hydrogen-bond acceptors (Lipinski definition) is 4. The van der Waals surface area contributed by atoms with Gasteiger partial charge in [-0.05, 0) is 26.7 Å². The van der Waals surface area contributed by atoms with Crippen molar-refractivity contribution in [3.63, 3.8) is 0 Å². The lowest BCUT2D eigenvalue weighted by Crippen LogP contribution is -2.49. The summed E-state index contributed by atoms with van der Waals surface area (Å²) in [5.41, 5.74) is 1.41. The van der Waals surface area contributed by atoms with Gasteiger partial charge in [-0.2, -0.15) is 23.4 Å². The zero-order chi connectivity index (χ0) is 22.3. The molecule has 0 atom stereocenters. The van der Waals surface area contributed by atoms with E-state index in [0.717, 1.165) is 31.6 Å². The van der Waals surface area contributed by atoms with Crippen LogP contribution >= 0.6 is 11.6 Å². The van der Waals surface area contributed by atoms with E-state index in [1.54, 1.807) is 4.90 Å². The Balaban J connectivity index is 1.38. The molecule has 3 heterocycles. The van der Waals surface area contributed by atoms with Crippen molar-refractivity contribution in [1.82, 2.24) is 29.4 Å². The van der Waals surface area contributed by atoms with E-state index in [-0.39, 0.29) is 23.4 Å². The number of alkyl halides is 3. The Morgan fingerprint density at radius 3 is 2.42 bits per heavy atom. The van der Waals surface area contributed by atoms with Crippen molar-refractivity contribution >= 4 is 17.5 Å². The summed E-state index contributed by atoms with van der Waals surface area (Å²) in [4.78, 5) is 16.8. The number of nitrogens with zero attached hydrogens (tertiary/aromatic N) is 6. The monoisotopic (exact) mass is 458 g/mol. The maximum atomic E-state index is 13.2. The predicted molar refractivity (Wildman–Crippen MR) is 109 cm³/mol. The minimum Gasteiger partial charge on any atom is -0.339 e. The quantitative estimate of drug-likeness (QED) is 0.666. The minimum absolute atomic E-state index is 0.0481. The number of carbonyl (C=O) groups is 1. The first-order valence-electron chi connectivity index (χ1n) is 10.5. The van der Waals surface area contributed by atoms with Crippen molar-refractivity contribution in [2.24, 2.45) is 0 Å². The fourth-order valence-electron chi connectivity index (χ4n) is 4.00. The summed E-state index contributed by atoms with van der Waals surface area (Å²) >= 11 is 6.00. The van der Waals surface area contributed by atoms with Crippen molar-refractivity contribution in [2.45, 2.75) is 58.4 Å². The molecule has 0 spiro atoms. The number of amides is 1. The second-order valence-electron chi connectivity index (χ2n) is 8.23. The number of hydrogen-bond donors (Lipinski definition) is 0. The zero-order valence-electron chi connectivity index (χ0n) is 17.6. The molecule has 7 nitrogen and oxygen atoms in total. The third kappa shape index (κ3) is 4.74. The van der Waals surface area contributed by atoms with Gasteiger partial charge in [0.1, 0.15) is 6.54 Å². The van der Waals surface area contributed by atoms with Crippen LogP contribution < -0.4 is 0 Å². The molecule has 1 aliphatic heterocycles. The third-order valence-electron chi connectivity index (χ3n) is 5.94. The van der Waals surface area contributed by atoms with Gasteiger partial charge >= 0.3 is 6.18 Å². The van der Waals surface area contributed by atoms with Crippen molar-refractivity contribution in [3.8, 4) is 0 Å². The van der Waals surface area contributed by atoms with E-state index in [1.165, 1.54) is 10.2 Å². The molecule has 0 radical (unpaired) electrons. The Kier molecular flexibility index (Phi) is 6.04. The summed E-state index contributed by atoms with van der Waals surface area (Å²) in [6.45, 7) is 7.85. The molecule has 2 fully saturated rings. The molecule has 2 aliphatic rings. The number of aromatic nitrogens is 4. The fourth-order valence-corrected chi connectivity index (χ4v) is 4.40. The van der Waals surface area contributed by atoms with Crippen LogP contribution in [0.4, 0.5) is 13.2 Å². The summed E-state index contributed by atoms with van der Waals surface area (Å²) in [6, 6.07) is 0. The molecule has 0 aromatic carbocycles. The Morgan fingerprint density at radius 1 is 1.19 bits per heavy atom. The third-order valence-corrected chi connectivity index (χ3v) is 6.31. The standard InChI is InChI=1S/C20H26ClF3N6O/c1-3-29-11-15(13(2)25-29)10-27-6-8-28(9-7-27)16(31)12-30-18(14-4-5-14)17(21)19(26-30)20(22,23)24/h11,14H,3-10,12H2,1-2H3. The van der Waals surface area contributed by atoms with Crippen LogP contribution in [0, 0.1) is 6.92 Å². The van der Waals surface area contributed by atoms with E-state index < -0.39 is 11.9 Å². The zero-order valence-corrected chi connectivity index (χ0v) is 18.4. The molecule has 1 saturated heterocycles. The lowest BCUT2D eigenvalue weighted by molar-refractivity contribution is -0.142. The van der Waals surface area contributed by atoms with Gasteiger partial charge in [-0.1, -0.05) is 11.6 Å². The highest BCUT2D eigenvalue weighted by molar-refractivity contribution is 6.32. The van der Waals surface area contributed by atoms with Gasteiger partial charge in [0.05, 0.1) is 16.4 Å². The molecular weight excluding hydrogens is 433 g/mol. The van der Waals surface area contributed by atoms with Crippen LogP contribution in [0.25, 0.3) is 0 Å². The first kappa shape index (κ1) is 22.1. The molecular formula is C20H26ClF3N6O. The number of piperazine rings is 1. The second-order valence-corrected chi connectivity index (χ2v) is 8.61. The predicted octanol–water partition coefficient (Wildman–Crippen LogP) is 3.30. The maximum Gasteiger partial charge on any atom is 0.436 e. The van der Waals surface area contributed by atoms with E-state index in [4.69, 9.17) is 11.6 Å². The molecule has 2 aromatic heterocycles. The number of halogens is 4. The molecule has 1 amide bonds. The van der Waals surface area contributed by atoms with Gasteiger partial charge in [-0.25, -0.2) is 0 Å². The first-order chi connectivity index (χ1) is 14.7. The summed E-state index contributed by atoms with van der Waals surface area (Å²) in [5, 5.41) is 7.76. The van der Waals surface area contributed by atoms with Crippen molar-refractivity contribution in [2.75, 3.05) is 26.2 Å². The van der Waals surface area contributed by atoms with Crippen molar-refractivity contribution in [1.29, 1.82) is 0 Å². The van der Waals surface area contributed by atoms with Gasteiger partial charge in [0.2, 0.25) is 5.91 Å². The van der Waals surface area contributed by atoms with Crippen LogP contribution in [-0.2, 0) is 30.6 Å². The molecule has 4 rings (SSSR count). The minimum atomic E-state index is -4.63. The first-order valence-corrected chi connectivity index (χ1v) is 10.9. The summed E-state index contributed by atoms with van der Waals surface area (Å²) in [7, 11) is 0. The van der Waals surface area contributed by atoms with E-state index in [1.807, 2.05) is 24.7 Å². The Labute approximate surface area is 183 Å². The van der Waals surface area contributed by atoms with Crippen LogP contribution in [0.3, 0.4) is 0 Å². The molecule has 2 aromatic rings. The lowest BCUT2D eigenvalue weighted by Gasteiger charge is -2.34. The van der Waals surface area contributed by atoms with Gasteiger partial charge in [-0.15, -0.1) is 0 Å². The van der Waals surface area contributed by atoms with E-state index >= 15 is 0 Å². The molecule has 1 saturated carbocycles. The van der Waals surface area contributed by atoms with Gasteiger partial charge in [-0.3, -0.25) is 19.1 Å². The topological polar surface area (TPSA) is 59.2 Å². The molecule has 0 N–H and O–H groups in total. The van der Waals surface area contributed by atoms with Crippen LogP contribution in [0.1, 0.15) is 48.3 Å². The molecule has 31 heavy (non-hydrogen) atoms. The van der Waals surface area contributed by atoms with Crippen LogP contribution in [0.15, 0.2) is 6.20 Å². The Hall–Kier alpha value is -2.07. The summed E-state index contributed by atoms with van der Waals surface area (Å²) in [6.07, 6.45) is -1.05. The van der Waals surface area contributed by atoms with Crippen molar-refractivity contribution in [3.05, 3.63) is 33.9 Å². The number of aryl methyl sites for hydroxylation is 2. The van der Waals surface area contributed by atoms with Crippen LogP contribution in [0.5, 0.6) is 0 Å². The smallest absolute Gasteiger partial charge is 0.339 e. The van der Waals surface area contributed by atoms with E-state index in [0.29, 0.717) is 31.9 Å². The summed E-state index contributed by atoms with van der Waals surface area (Å²) in [5.74, 6) is -0.280. The Bertz CT molecular complexity index is 957. The fraction of sp³-hybridized carbons (Fsp3) is 0.650. The number of carbonyl (C=O) groups excluding carboxylic acids is 1. The van der Waals surface area contributed by atoms with Crippen LogP contribution in [-0.4, -0.2) is 61.4 Å². The molecule has 0 bridgehead atoms. The Morgan fingerprint density at radius 2 is 1.87 bits per heavy atom. The highest BCUT2D eigenvalue weighted by Gasteiger charge is 2.42. The highest BCUT2D eigenvalue weighted by Crippen LogP contribution is 2.46. The van der Waals surface area contributed by atoms with Gasteiger partial charge in [0.15, 0.2) is 5.69 Å². The molecule has 11 heteroatoms. The maximum absolute atomic E-state index is 13.2. The van der Waals surface area contributed by atoms with Gasteiger partial charge in [0, 0.05) is 56.9 Å². The molecule has 170 valence electrons. The SMILES string of the molecule is CCn1cc(CN2CCN(C(=O)Cn3nc(C(F)(F)F)c(Cl)c3C3CC3)CC2)c(C)n1. The second kappa shape index (κ2) is 8.46. The van der Waals surface area contributed by atoms with E-state index in [9.17, 15) is 18.0 Å². The molecule has 1 aliphatic carbocycles. The van der Waals surface area contributed by atoms with Gasteiger partial charge in [0.25, 0.3) is 0 Å². The van der Waals surface area contributed by atoms with E-state index in [2.05, 4.69) is 15.1 Å².